The van der Waals surface area contributed by atoms with E-state index in [9.17, 15) is 9.59 Å². The fraction of sp³-hybridized carbons (Fsp3) is 0.700. The van der Waals surface area contributed by atoms with E-state index in [1.165, 1.54) is 39.2 Å². The van der Waals surface area contributed by atoms with E-state index in [0.717, 1.165) is 25.0 Å². The lowest BCUT2D eigenvalue weighted by Gasteiger charge is -2.27. The van der Waals surface area contributed by atoms with Crippen molar-refractivity contribution in [3.8, 4) is 5.75 Å². The molecule has 0 aliphatic heterocycles. The Morgan fingerprint density at radius 3 is 2.46 bits per heavy atom. The highest BCUT2D eigenvalue weighted by atomic mass is 16.5. The summed E-state index contributed by atoms with van der Waals surface area (Å²) < 4.78 is 7.18. The van der Waals surface area contributed by atoms with Crippen LogP contribution in [0.25, 0.3) is 0 Å². The number of hydrogen-bond donors (Lipinski definition) is 0. The molecule has 1 aliphatic carbocycles. The molecule has 0 fully saturated rings. The molecule has 0 N–H and O–H groups in total. The monoisotopic (exact) mass is 333 g/mol. The number of aromatic nitrogens is 1. The van der Waals surface area contributed by atoms with Crippen LogP contribution in [-0.2, 0) is 7.05 Å². The maximum absolute atomic E-state index is 12.9. The summed E-state index contributed by atoms with van der Waals surface area (Å²) in [5, 5.41) is 0. The number of carbonyl (C=O) groups is 1. The minimum Gasteiger partial charge on any atom is -0.491 e. The summed E-state index contributed by atoms with van der Waals surface area (Å²) in [6.45, 7) is 4.06. The molecule has 2 rings (SSSR count). The molecule has 134 valence electrons. The van der Waals surface area contributed by atoms with Gasteiger partial charge in [0, 0.05) is 19.0 Å². The minimum atomic E-state index is -0.0767. The largest absolute Gasteiger partial charge is 0.491 e. The van der Waals surface area contributed by atoms with Crippen molar-refractivity contribution in [2.75, 3.05) is 7.11 Å². The molecule has 0 saturated heterocycles. The fourth-order valence-corrected chi connectivity index (χ4v) is 3.88. The van der Waals surface area contributed by atoms with Gasteiger partial charge in [0.05, 0.1) is 18.5 Å². The lowest BCUT2D eigenvalue weighted by atomic mass is 9.81. The Labute approximate surface area is 145 Å². The van der Waals surface area contributed by atoms with Crippen molar-refractivity contribution in [3.05, 3.63) is 27.2 Å². The maximum Gasteiger partial charge on any atom is 0.227 e. The molecule has 0 amide bonds. The molecule has 1 aromatic heterocycles. The number of rotatable bonds is 8. The summed E-state index contributed by atoms with van der Waals surface area (Å²) in [5.74, 6) is 0.672. The number of ketones is 1. The van der Waals surface area contributed by atoms with Crippen LogP contribution in [-0.4, -0.2) is 17.5 Å². The number of ether oxygens (including phenoxy) is 1. The third kappa shape index (κ3) is 3.73. The zero-order valence-corrected chi connectivity index (χ0v) is 15.6. The van der Waals surface area contributed by atoms with Crippen molar-refractivity contribution in [1.29, 1.82) is 0 Å². The number of pyridine rings is 1. The molecule has 0 radical (unpaired) electrons. The van der Waals surface area contributed by atoms with Gasteiger partial charge in [-0.2, -0.15) is 0 Å². The van der Waals surface area contributed by atoms with Gasteiger partial charge in [0.25, 0.3) is 0 Å². The number of unbranched alkanes of at least 4 members (excludes halogenated alkanes) is 5. The van der Waals surface area contributed by atoms with Crippen LogP contribution in [0, 0.1) is 6.92 Å². The van der Waals surface area contributed by atoms with E-state index >= 15 is 0 Å². The van der Waals surface area contributed by atoms with Crippen LogP contribution in [0.3, 0.4) is 0 Å². The van der Waals surface area contributed by atoms with Crippen LogP contribution in [0.5, 0.6) is 5.75 Å². The van der Waals surface area contributed by atoms with Crippen LogP contribution >= 0.6 is 0 Å². The van der Waals surface area contributed by atoms with E-state index in [1.54, 1.807) is 0 Å². The second-order valence-corrected chi connectivity index (χ2v) is 6.98. The molecule has 0 spiro atoms. The fourth-order valence-electron chi connectivity index (χ4n) is 3.88. The number of fused-ring (bicyclic) bond motifs is 1. The first-order valence-electron chi connectivity index (χ1n) is 9.33. The number of methoxy groups -OCH3 is 1. The molecule has 24 heavy (non-hydrogen) atoms. The van der Waals surface area contributed by atoms with Gasteiger partial charge in [-0.25, -0.2) is 0 Å². The highest BCUT2D eigenvalue weighted by Gasteiger charge is 2.32. The standard InChI is InChI=1S/C20H31NO3/c1-5-6-7-8-9-10-11-15-12-13-16(22)18-17(15)19(23)20(24-4)14(2)21(18)3/h15H,5-13H2,1-4H3/t15-/m0/s1. The van der Waals surface area contributed by atoms with Crippen LogP contribution < -0.4 is 10.2 Å². The van der Waals surface area contributed by atoms with Crippen LogP contribution in [0.15, 0.2) is 4.79 Å². The van der Waals surface area contributed by atoms with Gasteiger partial charge in [0.1, 0.15) is 0 Å². The summed E-state index contributed by atoms with van der Waals surface area (Å²) in [7, 11) is 3.39. The first-order valence-corrected chi connectivity index (χ1v) is 9.33. The van der Waals surface area contributed by atoms with Gasteiger partial charge in [-0.3, -0.25) is 9.59 Å². The van der Waals surface area contributed by atoms with Gasteiger partial charge < -0.3 is 9.30 Å². The Balaban J connectivity index is 2.21. The predicted octanol–water partition coefficient (Wildman–Crippen LogP) is 4.51. The van der Waals surface area contributed by atoms with Crippen molar-refractivity contribution in [2.24, 2.45) is 7.05 Å². The van der Waals surface area contributed by atoms with Crippen LogP contribution in [0.1, 0.15) is 92.4 Å². The third-order valence-electron chi connectivity index (χ3n) is 5.38. The first kappa shape index (κ1) is 18.8. The van der Waals surface area contributed by atoms with Gasteiger partial charge in [-0.15, -0.1) is 0 Å². The number of hydrogen-bond acceptors (Lipinski definition) is 3. The molecule has 1 aliphatic rings. The van der Waals surface area contributed by atoms with Crippen LogP contribution in [0.2, 0.25) is 0 Å². The molecule has 0 bridgehead atoms. The predicted molar refractivity (Wildman–Crippen MR) is 97.3 cm³/mol. The average molecular weight is 333 g/mol. The SMILES string of the molecule is CCCCCCCC[C@H]1CCC(=O)c2c1c(=O)c(OC)c(C)n2C. The summed E-state index contributed by atoms with van der Waals surface area (Å²) in [6.07, 6.45) is 9.80. The van der Waals surface area contributed by atoms with E-state index in [2.05, 4.69) is 6.92 Å². The molecular formula is C20H31NO3. The number of nitrogens with zero attached hydrogens (tertiary/aromatic N) is 1. The smallest absolute Gasteiger partial charge is 0.227 e. The van der Waals surface area contributed by atoms with E-state index in [1.807, 2.05) is 18.5 Å². The van der Waals surface area contributed by atoms with E-state index in [4.69, 9.17) is 4.74 Å². The number of carbonyl (C=O) groups excluding carboxylic acids is 1. The van der Waals surface area contributed by atoms with E-state index in [0.29, 0.717) is 23.4 Å². The van der Waals surface area contributed by atoms with E-state index < -0.39 is 0 Å². The van der Waals surface area contributed by atoms with Gasteiger partial charge >= 0.3 is 0 Å². The van der Waals surface area contributed by atoms with Crippen molar-refractivity contribution < 1.29 is 9.53 Å². The lowest BCUT2D eigenvalue weighted by Crippen LogP contribution is -2.30. The van der Waals surface area contributed by atoms with Gasteiger partial charge in [-0.05, 0) is 25.7 Å². The first-order chi connectivity index (χ1) is 11.5. The highest BCUT2D eigenvalue weighted by Crippen LogP contribution is 2.35. The van der Waals surface area contributed by atoms with Crippen molar-refractivity contribution in [3.63, 3.8) is 0 Å². The van der Waals surface area contributed by atoms with Crippen molar-refractivity contribution in [2.45, 2.75) is 77.6 Å². The molecule has 0 saturated carbocycles. The second kappa shape index (κ2) is 8.50. The van der Waals surface area contributed by atoms with Gasteiger partial charge in [0.2, 0.25) is 5.43 Å². The second-order valence-electron chi connectivity index (χ2n) is 6.98. The Kier molecular flexibility index (Phi) is 6.64. The van der Waals surface area contributed by atoms with Crippen molar-refractivity contribution >= 4 is 5.78 Å². The molecule has 0 unspecified atom stereocenters. The van der Waals surface area contributed by atoms with Gasteiger partial charge in [0.15, 0.2) is 11.5 Å². The molecule has 1 heterocycles. The highest BCUT2D eigenvalue weighted by molar-refractivity contribution is 5.97. The average Bonchev–Trinajstić information content (AvgIpc) is 2.57. The zero-order valence-electron chi connectivity index (χ0n) is 15.6. The maximum atomic E-state index is 12.9. The minimum absolute atomic E-state index is 0.0767. The molecule has 0 aromatic carbocycles. The molecule has 1 aromatic rings. The Morgan fingerprint density at radius 1 is 1.12 bits per heavy atom. The normalized spacial score (nSPS) is 17.0. The Morgan fingerprint density at radius 2 is 1.79 bits per heavy atom. The van der Waals surface area contributed by atoms with Gasteiger partial charge in [-0.1, -0.05) is 45.4 Å². The topological polar surface area (TPSA) is 48.3 Å². The molecule has 4 nitrogen and oxygen atoms in total. The lowest BCUT2D eigenvalue weighted by molar-refractivity contribution is 0.0954. The van der Waals surface area contributed by atoms with E-state index in [-0.39, 0.29) is 17.1 Å². The summed E-state index contributed by atoms with van der Waals surface area (Å²) in [5.41, 5.74) is 1.97. The summed E-state index contributed by atoms with van der Waals surface area (Å²) in [6, 6.07) is 0. The third-order valence-corrected chi connectivity index (χ3v) is 5.38. The van der Waals surface area contributed by atoms with Crippen molar-refractivity contribution in [1.82, 2.24) is 4.57 Å². The molecule has 1 atom stereocenters. The Bertz CT molecular complexity index is 645. The molecular weight excluding hydrogens is 302 g/mol. The zero-order chi connectivity index (χ0) is 17.7. The Hall–Kier alpha value is -1.58. The number of Topliss-reactive ketones (excluding diaryl/α,β-unsaturated/α-hetero) is 1. The van der Waals surface area contributed by atoms with Crippen LogP contribution in [0.4, 0.5) is 0 Å². The quantitative estimate of drug-likeness (QED) is 0.658. The molecule has 4 heteroatoms. The summed E-state index contributed by atoms with van der Waals surface area (Å²) >= 11 is 0. The summed E-state index contributed by atoms with van der Waals surface area (Å²) in [4.78, 5) is 25.3.